The maximum Gasteiger partial charge on any atom is 0.196 e. The first-order valence-electron chi connectivity index (χ1n) is 4.77. The van der Waals surface area contributed by atoms with E-state index in [1.54, 1.807) is 24.1 Å². The van der Waals surface area contributed by atoms with E-state index in [1.807, 2.05) is 31.2 Å². The van der Waals surface area contributed by atoms with Crippen LogP contribution in [0.2, 0.25) is 0 Å². The minimum atomic E-state index is 0.0202. The van der Waals surface area contributed by atoms with Crippen LogP contribution >= 0.6 is 0 Å². The summed E-state index contributed by atoms with van der Waals surface area (Å²) in [5.41, 5.74) is 2.43. The summed E-state index contributed by atoms with van der Waals surface area (Å²) in [4.78, 5) is 12.0. The predicted molar refractivity (Wildman–Crippen MR) is 57.8 cm³/mol. The molecule has 0 N–H and O–H groups in total. The van der Waals surface area contributed by atoms with Gasteiger partial charge in [-0.3, -0.25) is 9.48 Å². The van der Waals surface area contributed by atoms with E-state index < -0.39 is 0 Å². The van der Waals surface area contributed by atoms with Crippen LogP contribution in [0.1, 0.15) is 21.5 Å². The van der Waals surface area contributed by atoms with E-state index in [9.17, 15) is 4.79 Å². The van der Waals surface area contributed by atoms with E-state index >= 15 is 0 Å². The van der Waals surface area contributed by atoms with Crippen molar-refractivity contribution in [3.63, 3.8) is 0 Å². The van der Waals surface area contributed by atoms with Gasteiger partial charge in [0.15, 0.2) is 5.78 Å². The molecule has 0 amide bonds. The Morgan fingerprint density at radius 2 is 2.13 bits per heavy atom. The molecule has 3 nitrogen and oxygen atoms in total. The van der Waals surface area contributed by atoms with Gasteiger partial charge >= 0.3 is 0 Å². The fraction of sp³-hybridized carbons (Fsp3) is 0.167. The standard InChI is InChI=1S/C12H12N2O/c1-9-4-3-5-10(6-9)12(15)11-7-13-14(2)8-11/h3-8H,1-2H3. The fourth-order valence-electron chi connectivity index (χ4n) is 1.49. The Labute approximate surface area is 88.4 Å². The molecule has 2 aromatic rings. The van der Waals surface area contributed by atoms with E-state index in [0.717, 1.165) is 5.56 Å². The van der Waals surface area contributed by atoms with Crippen molar-refractivity contribution in [2.75, 3.05) is 0 Å². The summed E-state index contributed by atoms with van der Waals surface area (Å²) in [5.74, 6) is 0.0202. The van der Waals surface area contributed by atoms with Crippen LogP contribution in [-0.2, 0) is 7.05 Å². The van der Waals surface area contributed by atoms with Crippen LogP contribution in [0.15, 0.2) is 36.7 Å². The molecule has 0 aliphatic heterocycles. The minimum Gasteiger partial charge on any atom is -0.288 e. The monoisotopic (exact) mass is 200 g/mol. The Morgan fingerprint density at radius 3 is 2.73 bits per heavy atom. The lowest BCUT2D eigenvalue weighted by Gasteiger charge is -1.98. The largest absolute Gasteiger partial charge is 0.288 e. The van der Waals surface area contributed by atoms with Gasteiger partial charge in [0.1, 0.15) is 0 Å². The van der Waals surface area contributed by atoms with Crippen molar-refractivity contribution in [3.8, 4) is 0 Å². The minimum absolute atomic E-state index is 0.0202. The summed E-state index contributed by atoms with van der Waals surface area (Å²) >= 11 is 0. The zero-order valence-electron chi connectivity index (χ0n) is 8.77. The number of hydrogen-bond donors (Lipinski definition) is 0. The highest BCUT2D eigenvalue weighted by atomic mass is 16.1. The lowest BCUT2D eigenvalue weighted by Crippen LogP contribution is -1.99. The first-order valence-corrected chi connectivity index (χ1v) is 4.77. The molecule has 3 heteroatoms. The average Bonchev–Trinajstić information content (AvgIpc) is 2.64. The normalized spacial score (nSPS) is 10.3. The van der Waals surface area contributed by atoms with E-state index in [-0.39, 0.29) is 5.78 Å². The number of nitrogens with zero attached hydrogens (tertiary/aromatic N) is 2. The van der Waals surface area contributed by atoms with Crippen LogP contribution < -0.4 is 0 Å². The Balaban J connectivity index is 2.36. The number of carbonyl (C=O) groups excluding carboxylic acids is 1. The lowest BCUT2D eigenvalue weighted by atomic mass is 10.0. The molecule has 15 heavy (non-hydrogen) atoms. The molecular formula is C12H12N2O. The van der Waals surface area contributed by atoms with Crippen molar-refractivity contribution in [3.05, 3.63) is 53.3 Å². The Kier molecular flexibility index (Phi) is 2.37. The topological polar surface area (TPSA) is 34.9 Å². The van der Waals surface area contributed by atoms with Gasteiger partial charge in [-0.05, 0) is 13.0 Å². The Morgan fingerprint density at radius 1 is 1.33 bits per heavy atom. The van der Waals surface area contributed by atoms with Crippen LogP contribution in [-0.4, -0.2) is 15.6 Å². The molecule has 76 valence electrons. The molecule has 0 aliphatic rings. The second-order valence-corrected chi connectivity index (χ2v) is 3.60. The van der Waals surface area contributed by atoms with Crippen molar-refractivity contribution in [1.82, 2.24) is 9.78 Å². The summed E-state index contributed by atoms with van der Waals surface area (Å²) in [7, 11) is 1.80. The highest BCUT2D eigenvalue weighted by Crippen LogP contribution is 2.10. The maximum atomic E-state index is 12.0. The molecule has 1 aromatic heterocycles. The highest BCUT2D eigenvalue weighted by Gasteiger charge is 2.10. The maximum absolute atomic E-state index is 12.0. The molecule has 0 bridgehead atoms. The molecule has 1 aromatic carbocycles. The predicted octanol–water partition coefficient (Wildman–Crippen LogP) is 1.96. The summed E-state index contributed by atoms with van der Waals surface area (Å²) in [6.45, 7) is 1.97. The zero-order chi connectivity index (χ0) is 10.8. The summed E-state index contributed by atoms with van der Waals surface area (Å²) in [6, 6.07) is 7.57. The molecule has 0 aliphatic carbocycles. The molecule has 0 fully saturated rings. The molecule has 0 unspecified atom stereocenters. The molecule has 0 saturated carbocycles. The Bertz CT molecular complexity index is 500. The second-order valence-electron chi connectivity index (χ2n) is 3.60. The molecule has 0 atom stereocenters. The van der Waals surface area contributed by atoms with Crippen molar-refractivity contribution in [2.45, 2.75) is 6.92 Å². The van der Waals surface area contributed by atoms with Crippen LogP contribution in [0.4, 0.5) is 0 Å². The van der Waals surface area contributed by atoms with Gasteiger partial charge in [-0.1, -0.05) is 23.8 Å². The average molecular weight is 200 g/mol. The third-order valence-corrected chi connectivity index (χ3v) is 2.25. The van der Waals surface area contributed by atoms with Gasteiger partial charge in [-0.15, -0.1) is 0 Å². The lowest BCUT2D eigenvalue weighted by molar-refractivity contribution is 0.103. The van der Waals surface area contributed by atoms with Crippen molar-refractivity contribution < 1.29 is 4.79 Å². The number of aryl methyl sites for hydroxylation is 2. The zero-order valence-corrected chi connectivity index (χ0v) is 8.77. The van der Waals surface area contributed by atoms with Gasteiger partial charge in [0.25, 0.3) is 0 Å². The van der Waals surface area contributed by atoms with Gasteiger partial charge in [-0.2, -0.15) is 5.10 Å². The first kappa shape index (κ1) is 9.65. The van der Waals surface area contributed by atoms with Gasteiger partial charge in [0.2, 0.25) is 0 Å². The number of aromatic nitrogens is 2. The number of ketones is 1. The number of hydrogen-bond acceptors (Lipinski definition) is 2. The molecular weight excluding hydrogens is 188 g/mol. The third-order valence-electron chi connectivity index (χ3n) is 2.25. The molecule has 2 rings (SSSR count). The molecule has 1 heterocycles. The highest BCUT2D eigenvalue weighted by molar-refractivity contribution is 6.08. The van der Waals surface area contributed by atoms with Gasteiger partial charge < -0.3 is 0 Å². The SMILES string of the molecule is Cc1cccc(C(=O)c2cnn(C)c2)c1. The summed E-state index contributed by atoms with van der Waals surface area (Å²) in [6.07, 6.45) is 3.31. The van der Waals surface area contributed by atoms with Crippen molar-refractivity contribution in [1.29, 1.82) is 0 Å². The summed E-state index contributed by atoms with van der Waals surface area (Å²) < 4.78 is 1.63. The van der Waals surface area contributed by atoms with E-state index in [2.05, 4.69) is 5.10 Å². The number of benzene rings is 1. The number of carbonyl (C=O) groups is 1. The quantitative estimate of drug-likeness (QED) is 0.694. The second kappa shape index (κ2) is 3.69. The van der Waals surface area contributed by atoms with E-state index in [1.165, 1.54) is 0 Å². The number of rotatable bonds is 2. The fourth-order valence-corrected chi connectivity index (χ4v) is 1.49. The molecule has 0 spiro atoms. The first-order chi connectivity index (χ1) is 7.16. The molecule has 0 radical (unpaired) electrons. The van der Waals surface area contributed by atoms with Crippen LogP contribution in [0, 0.1) is 6.92 Å². The van der Waals surface area contributed by atoms with Gasteiger partial charge in [0.05, 0.1) is 11.8 Å². The van der Waals surface area contributed by atoms with Crippen LogP contribution in [0.25, 0.3) is 0 Å². The smallest absolute Gasteiger partial charge is 0.196 e. The van der Waals surface area contributed by atoms with Crippen molar-refractivity contribution in [2.24, 2.45) is 7.05 Å². The van der Waals surface area contributed by atoms with E-state index in [4.69, 9.17) is 0 Å². The van der Waals surface area contributed by atoms with Crippen molar-refractivity contribution >= 4 is 5.78 Å². The Hall–Kier alpha value is -1.90. The van der Waals surface area contributed by atoms with Crippen LogP contribution in [0.3, 0.4) is 0 Å². The third kappa shape index (κ3) is 1.96. The van der Waals surface area contributed by atoms with E-state index in [0.29, 0.717) is 11.1 Å². The van der Waals surface area contributed by atoms with Crippen LogP contribution in [0.5, 0.6) is 0 Å². The van der Waals surface area contributed by atoms with Gasteiger partial charge in [0, 0.05) is 18.8 Å². The summed E-state index contributed by atoms with van der Waals surface area (Å²) in [5, 5.41) is 3.98. The molecule has 0 saturated heterocycles. The van der Waals surface area contributed by atoms with Gasteiger partial charge in [-0.25, -0.2) is 0 Å².